The van der Waals surface area contributed by atoms with Gasteiger partial charge >= 0.3 is 0 Å². The van der Waals surface area contributed by atoms with E-state index in [1.165, 1.54) is 6.07 Å². The zero-order chi connectivity index (χ0) is 9.68. The molecular formula is C7H12N4O2. The summed E-state index contributed by atoms with van der Waals surface area (Å²) in [4.78, 5) is 17.3. The third-order valence-electron chi connectivity index (χ3n) is 1.36. The van der Waals surface area contributed by atoms with E-state index in [0.717, 1.165) is 0 Å². The number of nitrogens with one attached hydrogen (secondary N) is 2. The van der Waals surface area contributed by atoms with Gasteiger partial charge in [-0.15, -0.1) is 0 Å². The Morgan fingerprint density at radius 3 is 3.15 bits per heavy atom. The number of ether oxygens (including phenoxy) is 1. The fourth-order valence-corrected chi connectivity index (χ4v) is 0.832. The fourth-order valence-electron chi connectivity index (χ4n) is 0.832. The molecular weight excluding hydrogens is 172 g/mol. The first kappa shape index (κ1) is 9.53. The highest BCUT2D eigenvalue weighted by molar-refractivity contribution is 5.34. The standard InChI is InChI=1S/C7H12N4O2/c1-13-3-2-9-7-10-5(8)4-6(12)11-7/h4H,2-3H2,1H3,(H4,8,9,10,11,12). The highest BCUT2D eigenvalue weighted by Crippen LogP contribution is 1.96. The minimum Gasteiger partial charge on any atom is -0.383 e. The fraction of sp³-hybridized carbons (Fsp3) is 0.429. The van der Waals surface area contributed by atoms with Crippen molar-refractivity contribution in [2.75, 3.05) is 31.3 Å². The van der Waals surface area contributed by atoms with E-state index in [-0.39, 0.29) is 11.4 Å². The van der Waals surface area contributed by atoms with Crippen molar-refractivity contribution in [3.05, 3.63) is 16.4 Å². The van der Waals surface area contributed by atoms with Gasteiger partial charge in [-0.1, -0.05) is 0 Å². The topological polar surface area (TPSA) is 93.0 Å². The van der Waals surface area contributed by atoms with Gasteiger partial charge in [-0.05, 0) is 0 Å². The van der Waals surface area contributed by atoms with Crippen molar-refractivity contribution in [3.8, 4) is 0 Å². The van der Waals surface area contributed by atoms with Crippen molar-refractivity contribution >= 4 is 11.8 Å². The molecule has 1 aromatic rings. The predicted molar refractivity (Wildman–Crippen MR) is 49.6 cm³/mol. The summed E-state index contributed by atoms with van der Waals surface area (Å²) >= 11 is 0. The van der Waals surface area contributed by atoms with Gasteiger partial charge in [0.25, 0.3) is 5.56 Å². The number of hydrogen-bond donors (Lipinski definition) is 3. The zero-order valence-electron chi connectivity index (χ0n) is 7.33. The lowest BCUT2D eigenvalue weighted by Gasteiger charge is -2.03. The quantitative estimate of drug-likeness (QED) is 0.544. The second-order valence-corrected chi connectivity index (χ2v) is 2.44. The van der Waals surface area contributed by atoms with Crippen molar-refractivity contribution in [2.24, 2.45) is 0 Å². The number of nitrogens with zero attached hydrogens (tertiary/aromatic N) is 1. The van der Waals surface area contributed by atoms with Crippen LogP contribution in [0, 0.1) is 0 Å². The molecule has 1 aromatic heterocycles. The van der Waals surface area contributed by atoms with Gasteiger partial charge in [0.1, 0.15) is 5.82 Å². The Morgan fingerprint density at radius 1 is 1.77 bits per heavy atom. The van der Waals surface area contributed by atoms with E-state index in [2.05, 4.69) is 15.3 Å². The molecule has 0 aliphatic carbocycles. The number of rotatable bonds is 4. The number of nitrogens with two attached hydrogens (primary N) is 1. The lowest BCUT2D eigenvalue weighted by Crippen LogP contribution is -2.16. The summed E-state index contributed by atoms with van der Waals surface area (Å²) in [6.07, 6.45) is 0. The summed E-state index contributed by atoms with van der Waals surface area (Å²) in [6.45, 7) is 1.11. The number of aromatic amines is 1. The molecule has 0 saturated carbocycles. The summed E-state index contributed by atoms with van der Waals surface area (Å²) in [5, 5.41) is 2.86. The third kappa shape index (κ3) is 3.12. The number of aromatic nitrogens is 2. The lowest BCUT2D eigenvalue weighted by molar-refractivity contribution is 0.210. The molecule has 0 unspecified atom stereocenters. The van der Waals surface area contributed by atoms with Crippen LogP contribution < -0.4 is 16.6 Å². The highest BCUT2D eigenvalue weighted by atomic mass is 16.5. The maximum absolute atomic E-state index is 10.9. The third-order valence-corrected chi connectivity index (χ3v) is 1.36. The lowest BCUT2D eigenvalue weighted by atomic mass is 10.6. The number of hydrogen-bond acceptors (Lipinski definition) is 5. The van der Waals surface area contributed by atoms with Crippen LogP contribution in [0.3, 0.4) is 0 Å². The second-order valence-electron chi connectivity index (χ2n) is 2.44. The number of anilines is 2. The van der Waals surface area contributed by atoms with Crippen molar-refractivity contribution in [2.45, 2.75) is 0 Å². The van der Waals surface area contributed by atoms with Gasteiger partial charge in [0.05, 0.1) is 6.61 Å². The van der Waals surface area contributed by atoms with E-state index in [0.29, 0.717) is 19.1 Å². The molecule has 0 bridgehead atoms. The Bertz CT molecular complexity index is 323. The summed E-state index contributed by atoms with van der Waals surface area (Å²) in [5.41, 5.74) is 5.09. The van der Waals surface area contributed by atoms with Crippen LogP contribution in [0.1, 0.15) is 0 Å². The van der Waals surface area contributed by atoms with Crippen molar-refractivity contribution in [1.82, 2.24) is 9.97 Å². The first-order valence-electron chi connectivity index (χ1n) is 3.82. The summed E-state index contributed by atoms with van der Waals surface area (Å²) in [7, 11) is 1.59. The monoisotopic (exact) mass is 184 g/mol. The minimum absolute atomic E-state index is 0.198. The molecule has 6 nitrogen and oxygen atoms in total. The summed E-state index contributed by atoms with van der Waals surface area (Å²) < 4.78 is 4.81. The molecule has 13 heavy (non-hydrogen) atoms. The van der Waals surface area contributed by atoms with Gasteiger partial charge in [-0.2, -0.15) is 4.98 Å². The Hall–Kier alpha value is -1.56. The van der Waals surface area contributed by atoms with E-state index in [1.807, 2.05) is 0 Å². The molecule has 0 aromatic carbocycles. The SMILES string of the molecule is COCCNc1nc(N)cc(=O)[nH]1. The van der Waals surface area contributed by atoms with Crippen LogP contribution in [-0.2, 0) is 4.74 Å². The van der Waals surface area contributed by atoms with E-state index < -0.39 is 0 Å². The van der Waals surface area contributed by atoms with E-state index >= 15 is 0 Å². The number of nitrogen functional groups attached to an aromatic ring is 1. The second kappa shape index (κ2) is 4.46. The molecule has 0 aliphatic heterocycles. The van der Waals surface area contributed by atoms with Crippen molar-refractivity contribution in [1.29, 1.82) is 0 Å². The van der Waals surface area contributed by atoms with Crippen LogP contribution in [-0.4, -0.2) is 30.2 Å². The largest absolute Gasteiger partial charge is 0.383 e. The summed E-state index contributed by atoms with van der Waals surface area (Å²) in [5.74, 6) is 0.561. The van der Waals surface area contributed by atoms with Gasteiger partial charge in [0, 0.05) is 19.7 Å². The molecule has 0 atom stereocenters. The molecule has 0 amide bonds. The first-order valence-corrected chi connectivity index (χ1v) is 3.82. The van der Waals surface area contributed by atoms with Crippen molar-refractivity contribution < 1.29 is 4.74 Å². The van der Waals surface area contributed by atoms with Crippen LogP contribution in [0.25, 0.3) is 0 Å². The highest BCUT2D eigenvalue weighted by Gasteiger charge is 1.96. The molecule has 0 spiro atoms. The normalized spacial score (nSPS) is 9.92. The maximum Gasteiger partial charge on any atom is 0.254 e. The average molecular weight is 184 g/mol. The Labute approximate surface area is 75.1 Å². The molecule has 0 saturated heterocycles. The Balaban J connectivity index is 2.61. The van der Waals surface area contributed by atoms with E-state index in [9.17, 15) is 4.79 Å². The van der Waals surface area contributed by atoms with Gasteiger partial charge < -0.3 is 15.8 Å². The van der Waals surface area contributed by atoms with E-state index in [1.54, 1.807) is 7.11 Å². The molecule has 1 heterocycles. The van der Waals surface area contributed by atoms with Crippen molar-refractivity contribution in [3.63, 3.8) is 0 Å². The molecule has 0 aliphatic rings. The smallest absolute Gasteiger partial charge is 0.254 e. The Kier molecular flexibility index (Phi) is 3.27. The predicted octanol–water partition coefficient (Wildman–Crippen LogP) is -0.590. The number of methoxy groups -OCH3 is 1. The molecule has 0 fully saturated rings. The van der Waals surface area contributed by atoms with Crippen LogP contribution in [0.5, 0.6) is 0 Å². The molecule has 1 rings (SSSR count). The van der Waals surface area contributed by atoms with Gasteiger partial charge in [-0.3, -0.25) is 9.78 Å². The average Bonchev–Trinajstić information content (AvgIpc) is 2.03. The van der Waals surface area contributed by atoms with E-state index in [4.69, 9.17) is 10.5 Å². The van der Waals surface area contributed by atoms with Crippen LogP contribution >= 0.6 is 0 Å². The maximum atomic E-state index is 10.9. The van der Waals surface area contributed by atoms with Crippen LogP contribution in [0.2, 0.25) is 0 Å². The van der Waals surface area contributed by atoms with Gasteiger partial charge in [0.2, 0.25) is 5.95 Å². The van der Waals surface area contributed by atoms with Crippen LogP contribution in [0.4, 0.5) is 11.8 Å². The molecule has 6 heteroatoms. The molecule has 0 radical (unpaired) electrons. The van der Waals surface area contributed by atoms with Crippen LogP contribution in [0.15, 0.2) is 10.9 Å². The Morgan fingerprint density at radius 2 is 2.54 bits per heavy atom. The summed E-state index contributed by atoms with van der Waals surface area (Å²) in [6, 6.07) is 1.22. The first-order chi connectivity index (χ1) is 6.22. The van der Waals surface area contributed by atoms with Gasteiger partial charge in [-0.25, -0.2) is 0 Å². The number of H-pyrrole nitrogens is 1. The minimum atomic E-state index is -0.271. The molecule has 4 N–H and O–H groups in total. The molecule has 72 valence electrons. The zero-order valence-corrected chi connectivity index (χ0v) is 7.33. The van der Waals surface area contributed by atoms with Gasteiger partial charge in [0.15, 0.2) is 0 Å².